The predicted octanol–water partition coefficient (Wildman–Crippen LogP) is 1.38. The Morgan fingerprint density at radius 3 is 2.65 bits per heavy atom. The number of carbonyl (C=O) groups excluding carboxylic acids is 1. The molecule has 0 saturated heterocycles. The lowest BCUT2D eigenvalue weighted by atomic mass is 10.1. The Labute approximate surface area is 116 Å². The second-order valence-electron chi connectivity index (χ2n) is 4.66. The first-order valence-corrected chi connectivity index (χ1v) is 6.19. The average Bonchev–Trinajstić information content (AvgIpc) is 2.64. The fraction of sp³-hybridized carbons (Fsp3) is 0.286. The van der Waals surface area contributed by atoms with Gasteiger partial charge in [-0.1, -0.05) is 0 Å². The normalized spacial score (nSPS) is 10.6. The number of amides is 1. The number of nitrogens with one attached hydrogen (secondary N) is 1. The van der Waals surface area contributed by atoms with Crippen molar-refractivity contribution in [3.05, 3.63) is 40.7 Å². The van der Waals surface area contributed by atoms with E-state index < -0.39 is 5.91 Å². The van der Waals surface area contributed by atoms with Crippen molar-refractivity contribution in [2.24, 2.45) is 7.05 Å². The molecule has 0 spiro atoms. The van der Waals surface area contributed by atoms with Crippen LogP contribution in [0.1, 0.15) is 27.3 Å². The first-order chi connectivity index (χ1) is 9.40. The summed E-state index contributed by atoms with van der Waals surface area (Å²) in [5, 5.41) is 26.0. The van der Waals surface area contributed by atoms with Crippen molar-refractivity contribution in [1.82, 2.24) is 15.1 Å². The number of benzene rings is 1. The molecular weight excluding hydrogens is 258 g/mol. The summed E-state index contributed by atoms with van der Waals surface area (Å²) in [6, 6.07) is 3.83. The van der Waals surface area contributed by atoms with Crippen molar-refractivity contribution in [3.8, 4) is 11.5 Å². The molecule has 0 aliphatic rings. The van der Waals surface area contributed by atoms with Crippen LogP contribution in [0, 0.1) is 13.8 Å². The Hall–Kier alpha value is -2.50. The monoisotopic (exact) mass is 275 g/mol. The second-order valence-corrected chi connectivity index (χ2v) is 4.66. The number of aromatic nitrogens is 2. The number of hydrogen-bond acceptors (Lipinski definition) is 4. The number of hydrogen-bond donors (Lipinski definition) is 3. The Bertz CT molecular complexity index is 662. The maximum atomic E-state index is 12.0. The van der Waals surface area contributed by atoms with Crippen LogP contribution in [0.2, 0.25) is 0 Å². The van der Waals surface area contributed by atoms with Gasteiger partial charge in [-0.05, 0) is 32.0 Å². The van der Waals surface area contributed by atoms with Crippen LogP contribution in [0.15, 0.2) is 18.2 Å². The molecular formula is C14H17N3O3. The number of nitrogens with zero attached hydrogens (tertiary/aromatic N) is 2. The SMILES string of the molecule is Cc1nn(C)c(C)c1CNC(=O)c1cc(O)ccc1O. The number of aryl methyl sites for hydroxylation is 2. The quantitative estimate of drug-likeness (QED) is 0.738. The topological polar surface area (TPSA) is 87.4 Å². The first-order valence-electron chi connectivity index (χ1n) is 6.19. The van der Waals surface area contributed by atoms with Crippen LogP contribution in [-0.4, -0.2) is 25.9 Å². The molecule has 1 amide bonds. The highest BCUT2D eigenvalue weighted by Crippen LogP contribution is 2.22. The molecule has 0 atom stereocenters. The Morgan fingerprint density at radius 2 is 2.05 bits per heavy atom. The van der Waals surface area contributed by atoms with Crippen LogP contribution in [0.3, 0.4) is 0 Å². The summed E-state index contributed by atoms with van der Waals surface area (Å²) >= 11 is 0. The zero-order valence-corrected chi connectivity index (χ0v) is 11.6. The van der Waals surface area contributed by atoms with Crippen LogP contribution < -0.4 is 5.32 Å². The summed E-state index contributed by atoms with van der Waals surface area (Å²) in [5.74, 6) is -0.678. The van der Waals surface area contributed by atoms with E-state index in [1.165, 1.54) is 18.2 Å². The molecule has 1 aromatic carbocycles. The Balaban J connectivity index is 2.15. The lowest BCUT2D eigenvalue weighted by molar-refractivity contribution is 0.0947. The highest BCUT2D eigenvalue weighted by Gasteiger charge is 2.14. The molecule has 6 nitrogen and oxygen atoms in total. The molecule has 2 rings (SSSR count). The Morgan fingerprint density at radius 1 is 1.35 bits per heavy atom. The molecule has 0 bridgehead atoms. The van der Waals surface area contributed by atoms with E-state index in [0.29, 0.717) is 6.54 Å². The molecule has 106 valence electrons. The molecule has 0 radical (unpaired) electrons. The van der Waals surface area contributed by atoms with E-state index in [1.54, 1.807) is 4.68 Å². The van der Waals surface area contributed by atoms with E-state index in [2.05, 4.69) is 10.4 Å². The third kappa shape index (κ3) is 2.59. The van der Waals surface area contributed by atoms with E-state index in [0.717, 1.165) is 17.0 Å². The average molecular weight is 275 g/mol. The van der Waals surface area contributed by atoms with E-state index >= 15 is 0 Å². The summed E-state index contributed by atoms with van der Waals surface area (Å²) in [6.45, 7) is 4.12. The molecule has 0 aliphatic heterocycles. The van der Waals surface area contributed by atoms with Gasteiger partial charge >= 0.3 is 0 Å². The van der Waals surface area contributed by atoms with Gasteiger partial charge in [-0.2, -0.15) is 5.10 Å². The largest absolute Gasteiger partial charge is 0.508 e. The third-order valence-electron chi connectivity index (χ3n) is 3.31. The number of phenols is 2. The summed E-state index contributed by atoms with van der Waals surface area (Å²) in [7, 11) is 1.84. The predicted molar refractivity (Wildman–Crippen MR) is 73.6 cm³/mol. The van der Waals surface area contributed by atoms with Gasteiger partial charge in [-0.15, -0.1) is 0 Å². The molecule has 0 saturated carbocycles. The van der Waals surface area contributed by atoms with E-state index in [4.69, 9.17) is 0 Å². The van der Waals surface area contributed by atoms with Gasteiger partial charge in [0.25, 0.3) is 5.91 Å². The van der Waals surface area contributed by atoms with Gasteiger partial charge in [-0.25, -0.2) is 0 Å². The minimum atomic E-state index is -0.443. The van der Waals surface area contributed by atoms with E-state index in [9.17, 15) is 15.0 Å². The molecule has 0 fully saturated rings. The summed E-state index contributed by atoms with van der Waals surface area (Å²) < 4.78 is 1.75. The van der Waals surface area contributed by atoms with Crippen molar-refractivity contribution >= 4 is 5.91 Å². The number of rotatable bonds is 3. The molecule has 1 aromatic heterocycles. The molecule has 0 unspecified atom stereocenters. The van der Waals surface area contributed by atoms with Gasteiger partial charge in [0.15, 0.2) is 0 Å². The summed E-state index contributed by atoms with van der Waals surface area (Å²) in [6.07, 6.45) is 0. The third-order valence-corrected chi connectivity index (χ3v) is 3.31. The Kier molecular flexibility index (Phi) is 3.65. The van der Waals surface area contributed by atoms with Crippen LogP contribution in [0.4, 0.5) is 0 Å². The number of aromatic hydroxyl groups is 2. The van der Waals surface area contributed by atoms with E-state index in [1.807, 2.05) is 20.9 Å². The van der Waals surface area contributed by atoms with Gasteiger partial charge < -0.3 is 15.5 Å². The molecule has 3 N–H and O–H groups in total. The fourth-order valence-corrected chi connectivity index (χ4v) is 2.04. The maximum Gasteiger partial charge on any atom is 0.255 e. The van der Waals surface area contributed by atoms with Crippen LogP contribution in [0.5, 0.6) is 11.5 Å². The zero-order chi connectivity index (χ0) is 14.9. The highest BCUT2D eigenvalue weighted by molar-refractivity contribution is 5.97. The summed E-state index contributed by atoms with van der Waals surface area (Å²) in [4.78, 5) is 12.0. The minimum absolute atomic E-state index is 0.0456. The van der Waals surface area contributed by atoms with Crippen molar-refractivity contribution in [2.75, 3.05) is 0 Å². The van der Waals surface area contributed by atoms with E-state index in [-0.39, 0.29) is 17.1 Å². The summed E-state index contributed by atoms with van der Waals surface area (Å²) in [5.41, 5.74) is 2.82. The van der Waals surface area contributed by atoms with Crippen molar-refractivity contribution in [3.63, 3.8) is 0 Å². The first kappa shape index (κ1) is 13.9. The van der Waals surface area contributed by atoms with Gasteiger partial charge in [0.2, 0.25) is 0 Å². The smallest absolute Gasteiger partial charge is 0.255 e. The van der Waals surface area contributed by atoms with Crippen LogP contribution in [0.25, 0.3) is 0 Å². The fourth-order valence-electron chi connectivity index (χ4n) is 2.04. The zero-order valence-electron chi connectivity index (χ0n) is 11.6. The van der Waals surface area contributed by atoms with Crippen molar-refractivity contribution in [1.29, 1.82) is 0 Å². The molecule has 2 aromatic rings. The molecule has 6 heteroatoms. The standard InChI is InChI=1S/C14H17N3O3/c1-8-12(9(2)17(3)16-8)7-15-14(20)11-6-10(18)4-5-13(11)19/h4-6,18-19H,7H2,1-3H3,(H,15,20). The van der Waals surface area contributed by atoms with Crippen molar-refractivity contribution in [2.45, 2.75) is 20.4 Å². The lowest BCUT2D eigenvalue weighted by Crippen LogP contribution is -2.23. The number of phenolic OH excluding ortho intramolecular Hbond substituents is 2. The minimum Gasteiger partial charge on any atom is -0.508 e. The van der Waals surface area contributed by atoms with Crippen molar-refractivity contribution < 1.29 is 15.0 Å². The van der Waals surface area contributed by atoms with Crippen LogP contribution >= 0.6 is 0 Å². The highest BCUT2D eigenvalue weighted by atomic mass is 16.3. The molecule has 1 heterocycles. The van der Waals surface area contributed by atoms with Gasteiger partial charge in [0.05, 0.1) is 11.3 Å². The molecule has 0 aliphatic carbocycles. The lowest BCUT2D eigenvalue weighted by Gasteiger charge is -2.08. The maximum absolute atomic E-state index is 12.0. The molecule has 20 heavy (non-hydrogen) atoms. The number of carbonyl (C=O) groups is 1. The van der Waals surface area contributed by atoms with Gasteiger partial charge in [0, 0.05) is 24.8 Å². The van der Waals surface area contributed by atoms with Crippen LogP contribution in [-0.2, 0) is 13.6 Å². The van der Waals surface area contributed by atoms with Gasteiger partial charge in [-0.3, -0.25) is 9.48 Å². The second kappa shape index (κ2) is 5.24. The van der Waals surface area contributed by atoms with Gasteiger partial charge in [0.1, 0.15) is 11.5 Å².